The van der Waals surface area contributed by atoms with E-state index in [1.54, 1.807) is 13.8 Å². The van der Waals surface area contributed by atoms with Gasteiger partial charge in [0.25, 0.3) is 0 Å². The molecule has 0 aliphatic rings. The number of hydrogen-bond donors (Lipinski definition) is 9. The highest BCUT2D eigenvalue weighted by atomic mass is 16.4. The minimum absolute atomic E-state index is 0.0867. The van der Waals surface area contributed by atoms with Crippen LogP contribution >= 0.6 is 0 Å². The maximum Gasteiger partial charge on any atom is 0.305 e. The Labute approximate surface area is 250 Å². The maximum absolute atomic E-state index is 13.4. The number of carboxylic acid groups (broad SMARTS) is 1. The lowest BCUT2D eigenvalue weighted by atomic mass is 9.96. The lowest BCUT2D eigenvalue weighted by Crippen LogP contribution is -2.60. The van der Waals surface area contributed by atoms with Crippen LogP contribution in [0.4, 0.5) is 0 Å². The Balaban J connectivity index is 5.96. The molecule has 17 heteroatoms. The van der Waals surface area contributed by atoms with Gasteiger partial charge in [-0.2, -0.15) is 0 Å². The molecule has 0 radical (unpaired) electrons. The third kappa shape index (κ3) is 16.6. The first kappa shape index (κ1) is 38.6. The molecule has 0 unspecified atom stereocenters. The van der Waals surface area contributed by atoms with E-state index in [1.165, 1.54) is 0 Å². The molecule has 6 amide bonds. The maximum atomic E-state index is 13.4. The molecule has 0 aromatic carbocycles. The summed E-state index contributed by atoms with van der Waals surface area (Å²) in [6, 6.07) is -4.86. The summed E-state index contributed by atoms with van der Waals surface area (Å²) < 4.78 is 0. The smallest absolute Gasteiger partial charge is 0.305 e. The highest BCUT2D eigenvalue weighted by Gasteiger charge is 2.34. The number of aliphatic imine (C=N–C) groups is 1. The van der Waals surface area contributed by atoms with Crippen LogP contribution < -0.4 is 43.8 Å². The van der Waals surface area contributed by atoms with Crippen LogP contribution in [0.15, 0.2) is 4.99 Å². The highest BCUT2D eigenvalue weighted by molar-refractivity contribution is 5.96. The van der Waals surface area contributed by atoms with Crippen molar-refractivity contribution < 1.29 is 38.7 Å². The van der Waals surface area contributed by atoms with Gasteiger partial charge in [-0.15, -0.1) is 0 Å². The summed E-state index contributed by atoms with van der Waals surface area (Å²) in [7, 11) is 0. The Morgan fingerprint density at radius 2 is 1.37 bits per heavy atom. The number of carbonyl (C=O) groups is 7. The number of primary amides is 1. The zero-order valence-electron chi connectivity index (χ0n) is 25.4. The molecule has 5 atom stereocenters. The second-order valence-electron chi connectivity index (χ2n) is 10.6. The van der Waals surface area contributed by atoms with Crippen LogP contribution in [0.2, 0.25) is 0 Å². The van der Waals surface area contributed by atoms with Crippen LogP contribution in [0.1, 0.15) is 66.7 Å². The average molecular weight is 614 g/mol. The summed E-state index contributed by atoms with van der Waals surface area (Å²) >= 11 is 0. The molecule has 0 saturated carbocycles. The minimum Gasteiger partial charge on any atom is -0.481 e. The van der Waals surface area contributed by atoms with Gasteiger partial charge < -0.3 is 48.9 Å². The van der Waals surface area contributed by atoms with Crippen LogP contribution in [-0.2, 0) is 33.6 Å². The fraction of sp³-hybridized carbons (Fsp3) is 0.692. The lowest BCUT2D eigenvalue weighted by Gasteiger charge is -2.29. The number of rotatable bonds is 20. The summed E-state index contributed by atoms with van der Waals surface area (Å²) in [5, 5.41) is 21.5. The van der Waals surface area contributed by atoms with Crippen LogP contribution in [0.5, 0.6) is 0 Å². The molecule has 0 aliphatic carbocycles. The van der Waals surface area contributed by atoms with Gasteiger partial charge in [-0.25, -0.2) is 0 Å². The second kappa shape index (κ2) is 19.6. The van der Waals surface area contributed by atoms with Crippen LogP contribution in [-0.4, -0.2) is 89.7 Å². The molecule has 0 aromatic rings. The lowest BCUT2D eigenvalue weighted by molar-refractivity contribution is -0.141. The molecule has 0 heterocycles. The summed E-state index contributed by atoms with van der Waals surface area (Å²) in [6.45, 7) is 7.92. The number of nitrogens with two attached hydrogens (primary N) is 3. The SMILES string of the molecule is CC[C@H](C)[C@H](NC(=O)[C@H](CC(=O)O)NC(C)=O)C(=O)N[C@@H](CC(C)C)C(=O)N[C@@H](CCCN=C(N)N)C(=O)NCC(N)=O. The molecular weight excluding hydrogens is 566 g/mol. The monoisotopic (exact) mass is 613 g/mol. The summed E-state index contributed by atoms with van der Waals surface area (Å²) in [4.78, 5) is 90.2. The Kier molecular flexibility index (Phi) is 17.6. The molecule has 43 heavy (non-hydrogen) atoms. The third-order valence-electron chi connectivity index (χ3n) is 6.22. The minimum atomic E-state index is -1.43. The van der Waals surface area contributed by atoms with E-state index < -0.39 is 84.5 Å². The van der Waals surface area contributed by atoms with E-state index in [-0.39, 0.29) is 31.3 Å². The normalized spacial score (nSPS) is 14.2. The van der Waals surface area contributed by atoms with Gasteiger partial charge in [-0.3, -0.25) is 38.6 Å². The van der Waals surface area contributed by atoms with Crippen molar-refractivity contribution in [2.75, 3.05) is 13.1 Å². The predicted octanol–water partition coefficient (Wildman–Crippen LogP) is -2.83. The third-order valence-corrected chi connectivity index (χ3v) is 6.22. The summed E-state index contributed by atoms with van der Waals surface area (Å²) in [5.74, 6) is -6.41. The standard InChI is InChI=1S/C26H47N9O8/c1-6-14(4)21(35-24(42)18(11-20(38)39)32-15(5)36)25(43)34-17(10-13(2)3)23(41)33-16(8-7-9-30-26(28)29)22(40)31-12-19(27)37/h13-14,16-18,21H,6-12H2,1-5H3,(H2,27,37)(H,31,40)(H,32,36)(H,33,41)(H,34,43)(H,35,42)(H,38,39)(H4,28,29,30)/t14-,16-,17-,18-,21-/m0/s1. The molecule has 0 saturated heterocycles. The van der Waals surface area contributed by atoms with Crippen LogP contribution in [0.25, 0.3) is 0 Å². The molecule has 12 N–H and O–H groups in total. The summed E-state index contributed by atoms with van der Waals surface area (Å²) in [6.07, 6.45) is 0.273. The number of carboxylic acids is 1. The quantitative estimate of drug-likeness (QED) is 0.0385. The van der Waals surface area contributed by atoms with Crippen LogP contribution in [0.3, 0.4) is 0 Å². The van der Waals surface area contributed by atoms with Gasteiger partial charge in [0.1, 0.15) is 24.2 Å². The average Bonchev–Trinajstić information content (AvgIpc) is 2.89. The molecule has 0 spiro atoms. The first-order chi connectivity index (χ1) is 20.0. The van der Waals surface area contributed by atoms with E-state index in [0.29, 0.717) is 12.8 Å². The number of guanidine groups is 1. The van der Waals surface area contributed by atoms with Crippen molar-refractivity contribution >= 4 is 47.4 Å². The number of amides is 6. The van der Waals surface area contributed by atoms with Crippen molar-refractivity contribution in [2.45, 2.75) is 90.9 Å². The molecule has 0 bridgehead atoms. The topological polar surface area (TPSA) is 290 Å². The van der Waals surface area contributed by atoms with Crippen LogP contribution in [0, 0.1) is 11.8 Å². The van der Waals surface area contributed by atoms with Gasteiger partial charge in [-0.05, 0) is 31.1 Å². The van der Waals surface area contributed by atoms with Gasteiger partial charge in [0, 0.05) is 13.5 Å². The van der Waals surface area contributed by atoms with Crippen molar-refractivity contribution in [3.63, 3.8) is 0 Å². The van der Waals surface area contributed by atoms with E-state index >= 15 is 0 Å². The first-order valence-corrected chi connectivity index (χ1v) is 14.0. The van der Waals surface area contributed by atoms with Gasteiger partial charge in [-0.1, -0.05) is 34.1 Å². The number of hydrogen-bond acceptors (Lipinski definition) is 8. The zero-order valence-corrected chi connectivity index (χ0v) is 25.4. The van der Waals surface area contributed by atoms with Crippen molar-refractivity contribution in [2.24, 2.45) is 34.0 Å². The fourth-order valence-corrected chi connectivity index (χ4v) is 3.89. The number of nitrogens with one attached hydrogen (secondary N) is 5. The van der Waals surface area contributed by atoms with Gasteiger partial charge in [0.05, 0.1) is 13.0 Å². The van der Waals surface area contributed by atoms with Gasteiger partial charge >= 0.3 is 5.97 Å². The van der Waals surface area contributed by atoms with Crippen molar-refractivity contribution in [1.29, 1.82) is 0 Å². The Hall–Kier alpha value is -4.44. The van der Waals surface area contributed by atoms with Crippen molar-refractivity contribution in [3.05, 3.63) is 0 Å². The Morgan fingerprint density at radius 3 is 1.86 bits per heavy atom. The largest absolute Gasteiger partial charge is 0.481 e. The summed E-state index contributed by atoms with van der Waals surface area (Å²) in [5.41, 5.74) is 15.8. The van der Waals surface area contributed by atoms with Gasteiger partial charge in [0.2, 0.25) is 35.4 Å². The van der Waals surface area contributed by atoms with Gasteiger partial charge in [0.15, 0.2) is 5.96 Å². The molecular formula is C26H47N9O8. The van der Waals surface area contributed by atoms with Crippen molar-refractivity contribution in [1.82, 2.24) is 26.6 Å². The van der Waals surface area contributed by atoms with E-state index in [9.17, 15) is 33.6 Å². The highest BCUT2D eigenvalue weighted by Crippen LogP contribution is 2.12. The molecule has 0 fully saturated rings. The fourth-order valence-electron chi connectivity index (χ4n) is 3.89. The second-order valence-corrected chi connectivity index (χ2v) is 10.6. The predicted molar refractivity (Wildman–Crippen MR) is 157 cm³/mol. The first-order valence-electron chi connectivity index (χ1n) is 14.0. The Bertz CT molecular complexity index is 1010. The number of aliphatic carboxylic acids is 1. The van der Waals surface area contributed by atoms with E-state index in [2.05, 4.69) is 31.6 Å². The van der Waals surface area contributed by atoms with E-state index in [1.807, 2.05) is 13.8 Å². The molecule has 0 aromatic heterocycles. The number of carbonyl (C=O) groups excluding carboxylic acids is 6. The van der Waals surface area contributed by atoms with E-state index in [0.717, 1.165) is 6.92 Å². The van der Waals surface area contributed by atoms with E-state index in [4.69, 9.17) is 22.3 Å². The molecule has 0 rings (SSSR count). The molecule has 244 valence electrons. The molecule has 17 nitrogen and oxygen atoms in total. The van der Waals surface area contributed by atoms with Crippen molar-refractivity contribution in [3.8, 4) is 0 Å². The zero-order chi connectivity index (χ0) is 33.3. The molecule has 0 aliphatic heterocycles. The number of nitrogens with zero attached hydrogens (tertiary/aromatic N) is 1. The Morgan fingerprint density at radius 1 is 0.791 bits per heavy atom.